The van der Waals surface area contributed by atoms with Crippen LogP contribution in [0.3, 0.4) is 0 Å². The first kappa shape index (κ1) is 23.3. The standard InChI is InChI=1S/C26H27N3O5S/c30-24(18-29-23-9-5-7-19-6-4-8-22(25(19)23)26(29)31)27-14-17-34-20-10-12-21(13-11-20)35(32,33)28-15-2-1-3-16-28/h4-13H,1-3,14-18H2,(H,27,30). The van der Waals surface area contributed by atoms with Crippen LogP contribution in [0.25, 0.3) is 10.8 Å². The fourth-order valence-electron chi connectivity index (χ4n) is 4.66. The lowest BCUT2D eigenvalue weighted by atomic mass is 10.1. The van der Waals surface area contributed by atoms with Crippen molar-refractivity contribution in [2.24, 2.45) is 0 Å². The Morgan fingerprint density at radius 3 is 2.40 bits per heavy atom. The third-order valence-corrected chi connectivity index (χ3v) is 8.33. The molecule has 1 N–H and O–H groups in total. The molecule has 2 amide bonds. The minimum absolute atomic E-state index is 0.0737. The number of piperidine rings is 1. The van der Waals surface area contributed by atoms with E-state index >= 15 is 0 Å². The third-order valence-electron chi connectivity index (χ3n) is 6.42. The van der Waals surface area contributed by atoms with Crippen molar-refractivity contribution in [3.05, 3.63) is 66.2 Å². The van der Waals surface area contributed by atoms with Gasteiger partial charge >= 0.3 is 0 Å². The molecule has 1 saturated heterocycles. The monoisotopic (exact) mass is 493 g/mol. The molecular weight excluding hydrogens is 466 g/mol. The van der Waals surface area contributed by atoms with E-state index in [0.29, 0.717) is 24.4 Å². The summed E-state index contributed by atoms with van der Waals surface area (Å²) in [6.45, 7) is 1.52. The maximum absolute atomic E-state index is 12.8. The van der Waals surface area contributed by atoms with Crippen LogP contribution in [0.5, 0.6) is 5.75 Å². The van der Waals surface area contributed by atoms with Crippen LogP contribution in [0.15, 0.2) is 65.6 Å². The number of benzene rings is 3. The van der Waals surface area contributed by atoms with Crippen LogP contribution < -0.4 is 15.0 Å². The maximum atomic E-state index is 12.8. The molecule has 3 aromatic rings. The van der Waals surface area contributed by atoms with E-state index in [1.807, 2.05) is 30.3 Å². The van der Waals surface area contributed by atoms with E-state index in [1.54, 1.807) is 30.3 Å². The van der Waals surface area contributed by atoms with Gasteiger partial charge in [0, 0.05) is 24.0 Å². The van der Waals surface area contributed by atoms with E-state index in [9.17, 15) is 18.0 Å². The summed E-state index contributed by atoms with van der Waals surface area (Å²) in [5.74, 6) is 0.0613. The summed E-state index contributed by atoms with van der Waals surface area (Å²) in [7, 11) is -3.48. The van der Waals surface area contributed by atoms with Crippen LogP contribution >= 0.6 is 0 Å². The number of ether oxygens (including phenoxy) is 1. The van der Waals surface area contributed by atoms with Gasteiger partial charge in [-0.2, -0.15) is 4.31 Å². The molecule has 8 nitrogen and oxygen atoms in total. The molecule has 0 saturated carbocycles. The van der Waals surface area contributed by atoms with Gasteiger partial charge in [-0.1, -0.05) is 30.7 Å². The first-order chi connectivity index (χ1) is 16.9. The van der Waals surface area contributed by atoms with Gasteiger partial charge in [-0.05, 0) is 54.6 Å². The van der Waals surface area contributed by atoms with Crippen molar-refractivity contribution in [3.63, 3.8) is 0 Å². The smallest absolute Gasteiger partial charge is 0.259 e. The van der Waals surface area contributed by atoms with Crippen LogP contribution in [0.2, 0.25) is 0 Å². The van der Waals surface area contributed by atoms with E-state index in [0.717, 1.165) is 35.7 Å². The molecular formula is C26H27N3O5S. The van der Waals surface area contributed by atoms with E-state index in [2.05, 4.69) is 5.32 Å². The average Bonchev–Trinajstić information content (AvgIpc) is 3.15. The van der Waals surface area contributed by atoms with Gasteiger partial charge in [-0.25, -0.2) is 8.42 Å². The second kappa shape index (κ2) is 9.67. The lowest BCUT2D eigenvalue weighted by Crippen LogP contribution is -2.40. The summed E-state index contributed by atoms with van der Waals surface area (Å²) in [4.78, 5) is 27.1. The average molecular weight is 494 g/mol. The van der Waals surface area contributed by atoms with Crippen molar-refractivity contribution >= 4 is 38.3 Å². The Kier molecular flexibility index (Phi) is 6.44. The summed E-state index contributed by atoms with van der Waals surface area (Å²) in [5, 5.41) is 4.63. The Labute approximate surface area is 204 Å². The number of hydrogen-bond acceptors (Lipinski definition) is 5. The Hall–Kier alpha value is -3.43. The zero-order chi connectivity index (χ0) is 24.4. The second-order valence-corrected chi connectivity index (χ2v) is 10.6. The predicted octanol–water partition coefficient (Wildman–Crippen LogP) is 3.17. The first-order valence-electron chi connectivity index (χ1n) is 11.8. The number of sulfonamides is 1. The second-order valence-electron chi connectivity index (χ2n) is 8.71. The van der Waals surface area contributed by atoms with E-state index in [-0.39, 0.29) is 36.4 Å². The van der Waals surface area contributed by atoms with Crippen molar-refractivity contribution in [2.45, 2.75) is 24.2 Å². The van der Waals surface area contributed by atoms with Gasteiger partial charge in [0.25, 0.3) is 5.91 Å². The number of amides is 2. The largest absolute Gasteiger partial charge is 0.492 e. The molecule has 0 aromatic heterocycles. The fraction of sp³-hybridized carbons (Fsp3) is 0.308. The molecule has 2 heterocycles. The topological polar surface area (TPSA) is 96.0 Å². The molecule has 9 heteroatoms. The summed E-state index contributed by atoms with van der Waals surface area (Å²) < 4.78 is 32.7. The summed E-state index contributed by atoms with van der Waals surface area (Å²) >= 11 is 0. The molecule has 0 unspecified atom stereocenters. The van der Waals surface area contributed by atoms with Crippen LogP contribution in [-0.4, -0.2) is 57.3 Å². The van der Waals surface area contributed by atoms with Crippen molar-refractivity contribution in [1.82, 2.24) is 9.62 Å². The number of nitrogens with zero attached hydrogens (tertiary/aromatic N) is 2. The molecule has 182 valence electrons. The van der Waals surface area contributed by atoms with Gasteiger partial charge in [-0.3, -0.25) is 14.5 Å². The number of anilines is 1. The summed E-state index contributed by atoms with van der Waals surface area (Å²) in [6.07, 6.45) is 2.84. The van der Waals surface area contributed by atoms with Crippen molar-refractivity contribution in [2.75, 3.05) is 37.7 Å². The molecule has 0 aliphatic carbocycles. The minimum Gasteiger partial charge on any atom is -0.492 e. The van der Waals surface area contributed by atoms with Crippen LogP contribution in [0, 0.1) is 0 Å². The molecule has 2 aliphatic rings. The van der Waals surface area contributed by atoms with E-state index in [1.165, 1.54) is 9.21 Å². The zero-order valence-electron chi connectivity index (χ0n) is 19.3. The Balaban J connectivity index is 1.12. The molecule has 0 spiro atoms. The molecule has 0 atom stereocenters. The van der Waals surface area contributed by atoms with Crippen molar-refractivity contribution in [3.8, 4) is 5.75 Å². The number of carbonyl (C=O) groups is 2. The number of rotatable bonds is 8. The number of carbonyl (C=O) groups excluding carboxylic acids is 2. The molecule has 2 aliphatic heterocycles. The Morgan fingerprint density at radius 1 is 0.943 bits per heavy atom. The predicted molar refractivity (Wildman–Crippen MR) is 133 cm³/mol. The SMILES string of the molecule is O=C(CN1C(=O)c2cccc3cccc1c23)NCCOc1ccc(S(=O)(=O)N2CCCCC2)cc1. The summed E-state index contributed by atoms with van der Waals surface area (Å²) in [5.41, 5.74) is 1.36. The maximum Gasteiger partial charge on any atom is 0.259 e. The molecule has 0 radical (unpaired) electrons. The highest BCUT2D eigenvalue weighted by Crippen LogP contribution is 2.36. The fourth-order valence-corrected chi connectivity index (χ4v) is 6.17. The van der Waals surface area contributed by atoms with Crippen molar-refractivity contribution < 1.29 is 22.7 Å². The van der Waals surface area contributed by atoms with Gasteiger partial charge in [0.1, 0.15) is 18.9 Å². The van der Waals surface area contributed by atoms with E-state index in [4.69, 9.17) is 4.74 Å². The van der Waals surface area contributed by atoms with Gasteiger partial charge in [-0.15, -0.1) is 0 Å². The molecule has 35 heavy (non-hydrogen) atoms. The lowest BCUT2D eigenvalue weighted by molar-refractivity contribution is -0.119. The molecule has 5 rings (SSSR count). The van der Waals surface area contributed by atoms with Gasteiger partial charge in [0.15, 0.2) is 0 Å². The van der Waals surface area contributed by atoms with Gasteiger partial charge in [0.05, 0.1) is 17.1 Å². The van der Waals surface area contributed by atoms with Crippen molar-refractivity contribution in [1.29, 1.82) is 0 Å². The normalized spacial score (nSPS) is 16.0. The summed E-state index contributed by atoms with van der Waals surface area (Å²) in [6, 6.07) is 17.6. The molecule has 0 bridgehead atoms. The highest BCUT2D eigenvalue weighted by atomic mass is 32.2. The van der Waals surface area contributed by atoms with Gasteiger partial charge in [0.2, 0.25) is 15.9 Å². The molecule has 1 fully saturated rings. The number of nitrogens with one attached hydrogen (secondary N) is 1. The highest BCUT2D eigenvalue weighted by molar-refractivity contribution is 7.89. The first-order valence-corrected chi connectivity index (χ1v) is 13.2. The van der Waals surface area contributed by atoms with Crippen LogP contribution in [0.1, 0.15) is 29.6 Å². The van der Waals surface area contributed by atoms with E-state index < -0.39 is 10.0 Å². The Morgan fingerprint density at radius 2 is 1.66 bits per heavy atom. The highest BCUT2D eigenvalue weighted by Gasteiger charge is 2.30. The van der Waals surface area contributed by atoms with Crippen LogP contribution in [0.4, 0.5) is 5.69 Å². The minimum atomic E-state index is -3.48. The number of hydrogen-bond donors (Lipinski definition) is 1. The third kappa shape index (κ3) is 4.61. The Bertz CT molecular complexity index is 1360. The zero-order valence-corrected chi connectivity index (χ0v) is 20.1. The lowest BCUT2D eigenvalue weighted by Gasteiger charge is -2.25. The van der Waals surface area contributed by atoms with Gasteiger partial charge < -0.3 is 10.1 Å². The quantitative estimate of drug-likeness (QED) is 0.487. The van der Waals surface area contributed by atoms with Crippen LogP contribution in [-0.2, 0) is 14.8 Å². The molecule has 3 aromatic carbocycles.